The summed E-state index contributed by atoms with van der Waals surface area (Å²) in [5, 5.41) is 12.4. The fraction of sp³-hybridized carbons (Fsp3) is 0.417. The number of nitrogens with one attached hydrogen (secondary N) is 1. The Bertz CT molecular complexity index is 409. The summed E-state index contributed by atoms with van der Waals surface area (Å²) in [7, 11) is 0. The second-order valence-corrected chi connectivity index (χ2v) is 5.40. The maximum Gasteiger partial charge on any atom is 0.251 e. The van der Waals surface area contributed by atoms with Gasteiger partial charge in [0.05, 0.1) is 17.7 Å². The van der Waals surface area contributed by atoms with Gasteiger partial charge in [-0.25, -0.2) is 0 Å². The molecule has 94 valence electrons. The molecule has 3 nitrogen and oxygen atoms in total. The molecule has 1 aromatic carbocycles. The summed E-state index contributed by atoms with van der Waals surface area (Å²) in [5.41, 5.74) is 0.484. The van der Waals surface area contributed by atoms with Gasteiger partial charge in [0.2, 0.25) is 0 Å². The minimum atomic E-state index is -0.245. The topological polar surface area (TPSA) is 49.3 Å². The van der Waals surface area contributed by atoms with E-state index in [1.54, 1.807) is 18.2 Å². The van der Waals surface area contributed by atoms with Gasteiger partial charge >= 0.3 is 0 Å². The van der Waals surface area contributed by atoms with Crippen molar-refractivity contribution in [3.8, 4) is 0 Å². The van der Waals surface area contributed by atoms with Gasteiger partial charge < -0.3 is 10.4 Å². The molecule has 0 spiro atoms. The first kappa shape index (κ1) is 14.5. The molecule has 17 heavy (non-hydrogen) atoms. The quantitative estimate of drug-likeness (QED) is 0.896. The molecule has 0 bridgehead atoms. The van der Waals surface area contributed by atoms with Gasteiger partial charge in [0.15, 0.2) is 0 Å². The van der Waals surface area contributed by atoms with Crippen molar-refractivity contribution in [2.75, 3.05) is 6.61 Å². The van der Waals surface area contributed by atoms with E-state index in [0.29, 0.717) is 10.6 Å². The lowest BCUT2D eigenvalue weighted by atomic mass is 10.0. The van der Waals surface area contributed by atoms with Gasteiger partial charge in [-0.3, -0.25) is 4.79 Å². The van der Waals surface area contributed by atoms with E-state index in [1.807, 2.05) is 13.8 Å². The molecule has 1 rings (SSSR count). The van der Waals surface area contributed by atoms with Gasteiger partial charge in [-0.05, 0) is 40.0 Å². The highest BCUT2D eigenvalue weighted by Crippen LogP contribution is 2.23. The Kier molecular flexibility index (Phi) is 5.43. The minimum absolute atomic E-state index is 0.0757. The summed E-state index contributed by atoms with van der Waals surface area (Å²) in [6.07, 6.45) is 0. The maximum atomic E-state index is 11.9. The van der Waals surface area contributed by atoms with Crippen LogP contribution in [-0.2, 0) is 0 Å². The van der Waals surface area contributed by atoms with Crippen LogP contribution in [-0.4, -0.2) is 23.7 Å². The Labute approximate surface area is 114 Å². The number of halogens is 2. The third kappa shape index (κ3) is 3.98. The second kappa shape index (κ2) is 6.38. The number of carbonyl (C=O) groups is 1. The highest BCUT2D eigenvalue weighted by atomic mass is 79.9. The van der Waals surface area contributed by atoms with Crippen molar-refractivity contribution in [2.45, 2.75) is 19.9 Å². The lowest BCUT2D eigenvalue weighted by Crippen LogP contribution is -2.41. The molecule has 5 heteroatoms. The average molecular weight is 321 g/mol. The molecule has 0 aliphatic rings. The Balaban J connectivity index is 2.79. The average Bonchev–Trinajstić information content (AvgIpc) is 2.28. The summed E-state index contributed by atoms with van der Waals surface area (Å²) in [5.74, 6) is -0.0537. The molecule has 2 N–H and O–H groups in total. The van der Waals surface area contributed by atoms with Crippen LogP contribution in [0.2, 0.25) is 5.02 Å². The summed E-state index contributed by atoms with van der Waals surface area (Å²) in [6, 6.07) is 4.75. The lowest BCUT2D eigenvalue weighted by molar-refractivity contribution is 0.0897. The predicted molar refractivity (Wildman–Crippen MR) is 72.3 cm³/mol. The molecule has 1 atom stereocenters. The number of hydrogen-bond donors (Lipinski definition) is 2. The summed E-state index contributed by atoms with van der Waals surface area (Å²) >= 11 is 9.18. The molecule has 0 aliphatic carbocycles. The zero-order valence-corrected chi connectivity index (χ0v) is 12.0. The largest absolute Gasteiger partial charge is 0.394 e. The summed E-state index contributed by atoms with van der Waals surface area (Å²) < 4.78 is 0.748. The highest BCUT2D eigenvalue weighted by Gasteiger charge is 2.16. The number of aliphatic hydroxyl groups excluding tert-OH is 1. The van der Waals surface area contributed by atoms with Gasteiger partial charge in [-0.15, -0.1) is 0 Å². The molecule has 1 amide bonds. The summed E-state index contributed by atoms with van der Waals surface area (Å²) in [4.78, 5) is 11.9. The summed E-state index contributed by atoms with van der Waals surface area (Å²) in [6.45, 7) is 3.80. The number of rotatable bonds is 4. The van der Waals surface area contributed by atoms with E-state index in [0.717, 1.165) is 4.47 Å². The number of amides is 1. The van der Waals surface area contributed by atoms with Crippen LogP contribution in [0, 0.1) is 5.92 Å². The minimum Gasteiger partial charge on any atom is -0.394 e. The van der Waals surface area contributed by atoms with Gasteiger partial charge in [0.25, 0.3) is 5.91 Å². The van der Waals surface area contributed by atoms with Crippen LogP contribution in [0.4, 0.5) is 0 Å². The predicted octanol–water partition coefficient (Wildman–Crippen LogP) is 2.85. The molecular formula is C12H15BrClNO2. The van der Waals surface area contributed by atoms with Crippen LogP contribution in [0.15, 0.2) is 22.7 Å². The third-order valence-electron chi connectivity index (χ3n) is 2.50. The van der Waals surface area contributed by atoms with Crippen molar-refractivity contribution < 1.29 is 9.90 Å². The fourth-order valence-corrected chi connectivity index (χ4v) is 1.74. The van der Waals surface area contributed by atoms with Crippen LogP contribution < -0.4 is 5.32 Å². The molecule has 0 aliphatic heterocycles. The van der Waals surface area contributed by atoms with Crippen LogP contribution in [0.3, 0.4) is 0 Å². The number of aliphatic hydroxyl groups is 1. The van der Waals surface area contributed by atoms with Crippen molar-refractivity contribution >= 4 is 33.4 Å². The van der Waals surface area contributed by atoms with Gasteiger partial charge in [-0.2, -0.15) is 0 Å². The fourth-order valence-electron chi connectivity index (χ4n) is 1.31. The smallest absolute Gasteiger partial charge is 0.251 e. The van der Waals surface area contributed by atoms with Gasteiger partial charge in [0, 0.05) is 10.0 Å². The van der Waals surface area contributed by atoms with Crippen molar-refractivity contribution in [1.82, 2.24) is 5.32 Å². The molecular weight excluding hydrogens is 305 g/mol. The van der Waals surface area contributed by atoms with Crippen molar-refractivity contribution in [3.05, 3.63) is 33.3 Å². The number of benzene rings is 1. The standard InChI is InChI=1S/C12H15BrClNO2/c1-7(2)11(6-16)15-12(17)8-3-4-9(13)10(14)5-8/h3-5,7,11,16H,6H2,1-2H3,(H,15,17)/t11-/m1/s1. The first-order valence-electron chi connectivity index (χ1n) is 5.32. The molecule has 0 aromatic heterocycles. The van der Waals surface area contributed by atoms with E-state index >= 15 is 0 Å². The number of carbonyl (C=O) groups excluding carboxylic acids is 1. The maximum absolute atomic E-state index is 11.9. The van der Waals surface area contributed by atoms with Crippen molar-refractivity contribution in [3.63, 3.8) is 0 Å². The van der Waals surface area contributed by atoms with E-state index in [4.69, 9.17) is 16.7 Å². The van der Waals surface area contributed by atoms with E-state index in [-0.39, 0.29) is 24.5 Å². The molecule has 0 heterocycles. The van der Waals surface area contributed by atoms with E-state index < -0.39 is 0 Å². The molecule has 0 saturated heterocycles. The Morgan fingerprint density at radius 1 is 1.53 bits per heavy atom. The molecule has 1 aromatic rings. The lowest BCUT2D eigenvalue weighted by Gasteiger charge is -2.19. The van der Waals surface area contributed by atoms with Crippen LogP contribution in [0.5, 0.6) is 0 Å². The van der Waals surface area contributed by atoms with Crippen molar-refractivity contribution in [2.24, 2.45) is 5.92 Å². The Hall–Kier alpha value is -0.580. The second-order valence-electron chi connectivity index (χ2n) is 4.14. The van der Waals surface area contributed by atoms with Crippen LogP contribution in [0.1, 0.15) is 24.2 Å². The first-order chi connectivity index (χ1) is 7.95. The zero-order chi connectivity index (χ0) is 13.0. The zero-order valence-electron chi connectivity index (χ0n) is 9.71. The Morgan fingerprint density at radius 2 is 2.18 bits per heavy atom. The molecule has 0 unspecified atom stereocenters. The monoisotopic (exact) mass is 319 g/mol. The third-order valence-corrected chi connectivity index (χ3v) is 3.73. The molecule has 0 radical (unpaired) electrons. The highest BCUT2D eigenvalue weighted by molar-refractivity contribution is 9.10. The first-order valence-corrected chi connectivity index (χ1v) is 6.49. The van der Waals surface area contributed by atoms with Crippen molar-refractivity contribution in [1.29, 1.82) is 0 Å². The van der Waals surface area contributed by atoms with Crippen LogP contribution >= 0.6 is 27.5 Å². The van der Waals surface area contributed by atoms with E-state index in [9.17, 15) is 4.79 Å². The van der Waals surface area contributed by atoms with E-state index in [1.165, 1.54) is 0 Å². The number of hydrogen-bond acceptors (Lipinski definition) is 2. The molecule has 0 fully saturated rings. The van der Waals surface area contributed by atoms with Gasteiger partial charge in [0.1, 0.15) is 0 Å². The van der Waals surface area contributed by atoms with E-state index in [2.05, 4.69) is 21.2 Å². The molecule has 0 saturated carbocycles. The van der Waals surface area contributed by atoms with Gasteiger partial charge in [-0.1, -0.05) is 25.4 Å². The Morgan fingerprint density at radius 3 is 2.65 bits per heavy atom. The SMILES string of the molecule is CC(C)[C@@H](CO)NC(=O)c1ccc(Br)c(Cl)c1. The van der Waals surface area contributed by atoms with Crippen LogP contribution in [0.25, 0.3) is 0 Å². The normalized spacial score (nSPS) is 12.6.